The molecule has 1 aliphatic rings. The van der Waals surface area contributed by atoms with Crippen LogP contribution in [0.5, 0.6) is 5.75 Å². The van der Waals surface area contributed by atoms with E-state index in [1.807, 2.05) is 18.2 Å². The summed E-state index contributed by atoms with van der Waals surface area (Å²) in [7, 11) is 1.65. The van der Waals surface area contributed by atoms with E-state index < -0.39 is 4.92 Å². The summed E-state index contributed by atoms with van der Waals surface area (Å²) < 4.78 is 11.1. The third-order valence-corrected chi connectivity index (χ3v) is 3.70. The van der Waals surface area contributed by atoms with Crippen molar-refractivity contribution < 1.29 is 14.4 Å². The van der Waals surface area contributed by atoms with Crippen LogP contribution in [0.4, 0.5) is 5.69 Å². The predicted molar refractivity (Wildman–Crippen MR) is 77.6 cm³/mol. The molecule has 0 radical (unpaired) electrons. The second-order valence-electron chi connectivity index (χ2n) is 4.91. The summed E-state index contributed by atoms with van der Waals surface area (Å²) in [5.41, 5.74) is 3.30. The Morgan fingerprint density at radius 1 is 1.24 bits per heavy atom. The van der Waals surface area contributed by atoms with Gasteiger partial charge in [-0.2, -0.15) is 0 Å². The molecule has 21 heavy (non-hydrogen) atoms. The van der Waals surface area contributed by atoms with Crippen LogP contribution >= 0.6 is 0 Å². The Labute approximate surface area is 122 Å². The van der Waals surface area contributed by atoms with Crippen molar-refractivity contribution in [3.05, 3.63) is 69.3 Å². The largest absolute Gasteiger partial charge is 0.497 e. The zero-order chi connectivity index (χ0) is 14.8. The van der Waals surface area contributed by atoms with Gasteiger partial charge in [0, 0.05) is 12.1 Å². The van der Waals surface area contributed by atoms with E-state index in [-0.39, 0.29) is 11.8 Å². The first-order chi connectivity index (χ1) is 10.2. The van der Waals surface area contributed by atoms with Gasteiger partial charge in [0.1, 0.15) is 11.9 Å². The number of methoxy groups -OCH3 is 1. The van der Waals surface area contributed by atoms with Crippen LogP contribution in [0.2, 0.25) is 0 Å². The molecule has 1 aliphatic heterocycles. The van der Waals surface area contributed by atoms with Crippen molar-refractivity contribution in [3.63, 3.8) is 0 Å². The molecule has 0 unspecified atom stereocenters. The van der Waals surface area contributed by atoms with Crippen LogP contribution in [0.15, 0.2) is 42.5 Å². The monoisotopic (exact) mass is 285 g/mol. The van der Waals surface area contributed by atoms with E-state index in [0.29, 0.717) is 6.61 Å². The first-order valence-electron chi connectivity index (χ1n) is 6.72. The quantitative estimate of drug-likeness (QED) is 0.641. The van der Waals surface area contributed by atoms with Gasteiger partial charge >= 0.3 is 0 Å². The van der Waals surface area contributed by atoms with Crippen molar-refractivity contribution in [3.8, 4) is 5.75 Å². The fraction of sp³-hybridized carbons (Fsp3) is 0.250. The molecule has 5 nitrogen and oxygen atoms in total. The molecule has 0 aliphatic carbocycles. The average molecular weight is 285 g/mol. The molecular formula is C16H15NO4. The first kappa shape index (κ1) is 13.6. The van der Waals surface area contributed by atoms with Gasteiger partial charge in [0.15, 0.2) is 0 Å². The molecule has 5 heteroatoms. The minimum atomic E-state index is -0.398. The highest BCUT2D eigenvalue weighted by Crippen LogP contribution is 2.35. The van der Waals surface area contributed by atoms with E-state index in [1.54, 1.807) is 19.2 Å². The highest BCUT2D eigenvalue weighted by Gasteiger charge is 2.23. The molecule has 0 spiro atoms. The second-order valence-corrected chi connectivity index (χ2v) is 4.91. The van der Waals surface area contributed by atoms with Gasteiger partial charge in [-0.05, 0) is 47.4 Å². The molecule has 2 aromatic rings. The summed E-state index contributed by atoms with van der Waals surface area (Å²) in [6, 6.07) is 12.5. The summed E-state index contributed by atoms with van der Waals surface area (Å²) in [5, 5.41) is 10.7. The highest BCUT2D eigenvalue weighted by molar-refractivity contribution is 5.44. The summed E-state index contributed by atoms with van der Waals surface area (Å²) in [6.07, 6.45) is 0.663. The molecule has 0 aromatic heterocycles. The number of nitro groups is 1. The molecule has 2 aromatic carbocycles. The van der Waals surface area contributed by atoms with Crippen LogP contribution in [0, 0.1) is 10.1 Å². The standard InChI is InChI=1S/C16H15NO4/c1-20-14-6-7-15-12(10-14)8-9-21-16(15)11-2-4-13(5-3-11)17(18)19/h2-7,10,16H,8-9H2,1H3/t16-/m0/s1. The normalized spacial score (nSPS) is 17.1. The van der Waals surface area contributed by atoms with Crippen molar-refractivity contribution in [1.82, 2.24) is 0 Å². The van der Waals surface area contributed by atoms with Gasteiger partial charge < -0.3 is 9.47 Å². The van der Waals surface area contributed by atoms with Gasteiger partial charge in [-0.15, -0.1) is 0 Å². The minimum Gasteiger partial charge on any atom is -0.497 e. The molecular weight excluding hydrogens is 270 g/mol. The molecule has 1 atom stereocenters. The van der Waals surface area contributed by atoms with Gasteiger partial charge in [-0.1, -0.05) is 6.07 Å². The lowest BCUT2D eigenvalue weighted by molar-refractivity contribution is -0.384. The number of fused-ring (bicyclic) bond motifs is 1. The van der Waals surface area contributed by atoms with Gasteiger partial charge in [0.05, 0.1) is 18.6 Å². The van der Waals surface area contributed by atoms with E-state index >= 15 is 0 Å². The van der Waals surface area contributed by atoms with Crippen LogP contribution in [0.3, 0.4) is 0 Å². The number of rotatable bonds is 3. The third-order valence-electron chi connectivity index (χ3n) is 3.70. The Bertz CT molecular complexity index is 666. The number of ether oxygens (including phenoxy) is 2. The Balaban J connectivity index is 1.96. The number of nitro benzene ring substituents is 1. The molecule has 0 N–H and O–H groups in total. The van der Waals surface area contributed by atoms with Crippen LogP contribution in [-0.4, -0.2) is 18.6 Å². The molecule has 0 saturated heterocycles. The maximum atomic E-state index is 10.7. The van der Waals surface area contributed by atoms with Crippen LogP contribution in [0.25, 0.3) is 0 Å². The molecule has 0 fully saturated rings. The fourth-order valence-corrected chi connectivity index (χ4v) is 2.60. The summed E-state index contributed by atoms with van der Waals surface area (Å²) in [6.45, 7) is 0.627. The Morgan fingerprint density at radius 3 is 2.67 bits per heavy atom. The number of non-ortho nitro benzene ring substituents is 1. The molecule has 108 valence electrons. The van der Waals surface area contributed by atoms with Crippen LogP contribution in [-0.2, 0) is 11.2 Å². The van der Waals surface area contributed by atoms with E-state index in [2.05, 4.69) is 0 Å². The highest BCUT2D eigenvalue weighted by atomic mass is 16.6. The van der Waals surface area contributed by atoms with Crippen LogP contribution < -0.4 is 4.74 Å². The third kappa shape index (κ3) is 2.60. The summed E-state index contributed by atoms with van der Waals surface area (Å²) in [4.78, 5) is 10.3. The van der Waals surface area contributed by atoms with Crippen molar-refractivity contribution in [2.24, 2.45) is 0 Å². The molecule has 3 rings (SSSR count). The lowest BCUT2D eigenvalue weighted by Gasteiger charge is -2.26. The van der Waals surface area contributed by atoms with Crippen molar-refractivity contribution >= 4 is 5.69 Å². The van der Waals surface area contributed by atoms with Crippen molar-refractivity contribution in [2.45, 2.75) is 12.5 Å². The lowest BCUT2D eigenvalue weighted by atomic mass is 9.93. The Morgan fingerprint density at radius 2 is 2.00 bits per heavy atom. The van der Waals surface area contributed by atoms with E-state index in [4.69, 9.17) is 9.47 Å². The molecule has 0 saturated carbocycles. The maximum Gasteiger partial charge on any atom is 0.269 e. The minimum absolute atomic E-state index is 0.0875. The van der Waals surface area contributed by atoms with E-state index in [0.717, 1.165) is 23.3 Å². The zero-order valence-corrected chi connectivity index (χ0v) is 11.6. The van der Waals surface area contributed by atoms with E-state index in [1.165, 1.54) is 17.7 Å². The summed E-state index contributed by atoms with van der Waals surface area (Å²) in [5.74, 6) is 0.832. The lowest BCUT2D eigenvalue weighted by Crippen LogP contribution is -2.17. The average Bonchev–Trinajstić information content (AvgIpc) is 2.53. The summed E-state index contributed by atoms with van der Waals surface area (Å²) >= 11 is 0. The first-order valence-corrected chi connectivity index (χ1v) is 6.72. The SMILES string of the molecule is COc1ccc2c(c1)CCO[C@H]2c1ccc([N+](=O)[O-])cc1. The van der Waals surface area contributed by atoms with Gasteiger partial charge in [-0.25, -0.2) is 0 Å². The number of hydrogen-bond donors (Lipinski definition) is 0. The fourth-order valence-electron chi connectivity index (χ4n) is 2.60. The molecule has 0 amide bonds. The second kappa shape index (κ2) is 5.54. The number of benzene rings is 2. The van der Waals surface area contributed by atoms with Gasteiger partial charge in [0.25, 0.3) is 5.69 Å². The van der Waals surface area contributed by atoms with Gasteiger partial charge in [-0.3, -0.25) is 10.1 Å². The Kier molecular flexibility index (Phi) is 3.58. The number of nitrogens with zero attached hydrogens (tertiary/aromatic N) is 1. The van der Waals surface area contributed by atoms with E-state index in [9.17, 15) is 10.1 Å². The zero-order valence-electron chi connectivity index (χ0n) is 11.6. The van der Waals surface area contributed by atoms with Crippen molar-refractivity contribution in [2.75, 3.05) is 13.7 Å². The maximum absolute atomic E-state index is 10.7. The Hall–Kier alpha value is -2.40. The van der Waals surface area contributed by atoms with Gasteiger partial charge in [0.2, 0.25) is 0 Å². The van der Waals surface area contributed by atoms with Crippen LogP contribution in [0.1, 0.15) is 22.8 Å². The smallest absolute Gasteiger partial charge is 0.269 e. The number of hydrogen-bond acceptors (Lipinski definition) is 4. The molecule has 1 heterocycles. The topological polar surface area (TPSA) is 61.6 Å². The predicted octanol–water partition coefficient (Wildman–Crippen LogP) is 3.27. The van der Waals surface area contributed by atoms with Crippen molar-refractivity contribution in [1.29, 1.82) is 0 Å². The molecule has 0 bridgehead atoms.